The number of hydrogen-bond donors (Lipinski definition) is 1. The number of amides is 1. The highest BCUT2D eigenvalue weighted by atomic mass is 35.5. The zero-order valence-corrected chi connectivity index (χ0v) is 13.8. The third-order valence-corrected chi connectivity index (χ3v) is 4.06. The first kappa shape index (κ1) is 17.5. The van der Waals surface area contributed by atoms with Crippen molar-refractivity contribution >= 4 is 29.6 Å². The summed E-state index contributed by atoms with van der Waals surface area (Å²) in [5, 5.41) is 3.54. The molecule has 0 saturated heterocycles. The van der Waals surface area contributed by atoms with Gasteiger partial charge < -0.3 is 10.1 Å². The van der Waals surface area contributed by atoms with Crippen LogP contribution in [0.3, 0.4) is 0 Å². The first-order valence-corrected chi connectivity index (χ1v) is 8.41. The average molecular weight is 336 g/mol. The normalized spacial score (nSPS) is 16.0. The van der Waals surface area contributed by atoms with Crippen LogP contribution in [-0.2, 0) is 14.3 Å². The van der Waals surface area contributed by atoms with Gasteiger partial charge in [0.2, 0.25) is 0 Å². The van der Waals surface area contributed by atoms with E-state index in [-0.39, 0.29) is 18.6 Å². The van der Waals surface area contributed by atoms with Gasteiger partial charge in [0, 0.05) is 17.1 Å². The molecular formula is C18H22ClNO3. The summed E-state index contributed by atoms with van der Waals surface area (Å²) < 4.78 is 4.96. The molecule has 1 aliphatic rings. The summed E-state index contributed by atoms with van der Waals surface area (Å²) in [5.74, 6) is -0.776. The maximum Gasteiger partial charge on any atom is 0.331 e. The van der Waals surface area contributed by atoms with Crippen LogP contribution in [0.2, 0.25) is 5.02 Å². The van der Waals surface area contributed by atoms with E-state index in [0.29, 0.717) is 5.02 Å². The van der Waals surface area contributed by atoms with Crippen molar-refractivity contribution in [3.8, 4) is 0 Å². The molecule has 4 nitrogen and oxygen atoms in total. The van der Waals surface area contributed by atoms with E-state index in [1.165, 1.54) is 18.9 Å². The summed E-state index contributed by atoms with van der Waals surface area (Å²) in [7, 11) is 0. The van der Waals surface area contributed by atoms with E-state index < -0.39 is 5.97 Å². The molecule has 1 saturated carbocycles. The molecule has 1 fully saturated rings. The molecule has 0 atom stereocenters. The van der Waals surface area contributed by atoms with Gasteiger partial charge in [-0.05, 0) is 36.6 Å². The molecular weight excluding hydrogens is 314 g/mol. The number of carbonyl (C=O) groups excluding carboxylic acids is 2. The average Bonchev–Trinajstić information content (AvgIpc) is 2.80. The number of halogens is 1. The second-order valence-electron chi connectivity index (χ2n) is 5.75. The van der Waals surface area contributed by atoms with Crippen molar-refractivity contribution in [2.45, 2.75) is 44.6 Å². The lowest BCUT2D eigenvalue weighted by molar-refractivity contribution is -0.144. The maximum absolute atomic E-state index is 11.8. The molecule has 0 spiro atoms. The third kappa shape index (κ3) is 6.87. The number of hydrogen-bond acceptors (Lipinski definition) is 3. The number of nitrogens with one attached hydrogen (secondary N) is 1. The molecule has 1 aliphatic carbocycles. The Hall–Kier alpha value is -1.81. The largest absolute Gasteiger partial charge is 0.452 e. The first-order valence-electron chi connectivity index (χ1n) is 8.03. The molecule has 1 aromatic rings. The smallest absolute Gasteiger partial charge is 0.331 e. The molecule has 0 aromatic heterocycles. The van der Waals surface area contributed by atoms with E-state index in [1.807, 2.05) is 6.07 Å². The number of carbonyl (C=O) groups is 2. The predicted molar refractivity (Wildman–Crippen MR) is 91.1 cm³/mol. The summed E-state index contributed by atoms with van der Waals surface area (Å²) >= 11 is 5.86. The zero-order valence-electron chi connectivity index (χ0n) is 13.1. The van der Waals surface area contributed by atoms with Crippen molar-refractivity contribution < 1.29 is 14.3 Å². The molecule has 23 heavy (non-hydrogen) atoms. The SMILES string of the molecule is O=C(COC(=O)/C=C/c1cccc(Cl)c1)NC1CCCCCC1. The van der Waals surface area contributed by atoms with E-state index in [9.17, 15) is 9.59 Å². The molecule has 1 aromatic carbocycles. The summed E-state index contributed by atoms with van der Waals surface area (Å²) in [6, 6.07) is 7.34. The lowest BCUT2D eigenvalue weighted by Gasteiger charge is -2.15. The lowest BCUT2D eigenvalue weighted by Crippen LogP contribution is -2.37. The fourth-order valence-electron chi connectivity index (χ4n) is 2.65. The molecule has 0 bridgehead atoms. The van der Waals surface area contributed by atoms with Gasteiger partial charge in [-0.25, -0.2) is 4.79 Å². The van der Waals surface area contributed by atoms with Gasteiger partial charge in [-0.1, -0.05) is 49.4 Å². The van der Waals surface area contributed by atoms with Crippen LogP contribution in [0.15, 0.2) is 30.3 Å². The Balaban J connectivity index is 1.72. The minimum atomic E-state index is -0.541. The van der Waals surface area contributed by atoms with Gasteiger partial charge in [-0.3, -0.25) is 4.79 Å². The standard InChI is InChI=1S/C18H22ClNO3/c19-15-7-5-6-14(12-15)10-11-18(22)23-13-17(21)20-16-8-3-1-2-4-9-16/h5-7,10-12,16H,1-4,8-9,13H2,(H,20,21)/b11-10+. The Kier molecular flexibility index (Phi) is 7.14. The molecule has 2 rings (SSSR count). The van der Waals surface area contributed by atoms with Crippen molar-refractivity contribution in [1.82, 2.24) is 5.32 Å². The molecule has 1 amide bonds. The van der Waals surface area contributed by atoms with Crippen LogP contribution in [0, 0.1) is 0 Å². The van der Waals surface area contributed by atoms with E-state index in [2.05, 4.69) is 5.32 Å². The van der Waals surface area contributed by atoms with Crippen LogP contribution in [0.4, 0.5) is 0 Å². The lowest BCUT2D eigenvalue weighted by atomic mass is 10.1. The van der Waals surface area contributed by atoms with Crippen molar-refractivity contribution in [1.29, 1.82) is 0 Å². The maximum atomic E-state index is 11.8. The number of rotatable bonds is 5. The molecule has 0 unspecified atom stereocenters. The Morgan fingerprint density at radius 1 is 1.22 bits per heavy atom. The number of esters is 1. The highest BCUT2D eigenvalue weighted by Crippen LogP contribution is 2.17. The molecule has 0 heterocycles. The minimum Gasteiger partial charge on any atom is -0.452 e. The second-order valence-corrected chi connectivity index (χ2v) is 6.19. The van der Waals surface area contributed by atoms with E-state index in [4.69, 9.17) is 16.3 Å². The number of benzene rings is 1. The summed E-state index contributed by atoms with van der Waals surface area (Å²) in [4.78, 5) is 23.4. The summed E-state index contributed by atoms with van der Waals surface area (Å²) in [6.07, 6.45) is 9.68. The summed E-state index contributed by atoms with van der Waals surface area (Å²) in [5.41, 5.74) is 0.803. The van der Waals surface area contributed by atoms with Gasteiger partial charge in [-0.15, -0.1) is 0 Å². The monoisotopic (exact) mass is 335 g/mol. The van der Waals surface area contributed by atoms with Gasteiger partial charge in [0.25, 0.3) is 5.91 Å². The molecule has 1 N–H and O–H groups in total. The van der Waals surface area contributed by atoms with Gasteiger partial charge in [0.05, 0.1) is 0 Å². The Bertz CT molecular complexity index is 563. The highest BCUT2D eigenvalue weighted by molar-refractivity contribution is 6.30. The van der Waals surface area contributed by atoms with Crippen molar-refractivity contribution in [2.75, 3.05) is 6.61 Å². The Labute approximate surface area is 141 Å². The van der Waals surface area contributed by atoms with Crippen LogP contribution >= 0.6 is 11.6 Å². The molecule has 5 heteroatoms. The Morgan fingerprint density at radius 3 is 2.65 bits per heavy atom. The molecule has 0 radical (unpaired) electrons. The third-order valence-electron chi connectivity index (χ3n) is 3.83. The summed E-state index contributed by atoms with van der Waals surface area (Å²) in [6.45, 7) is -0.241. The van der Waals surface area contributed by atoms with E-state index in [1.54, 1.807) is 24.3 Å². The van der Waals surface area contributed by atoms with E-state index >= 15 is 0 Å². The van der Waals surface area contributed by atoms with Crippen LogP contribution in [0.25, 0.3) is 6.08 Å². The van der Waals surface area contributed by atoms with Gasteiger partial charge in [0.1, 0.15) is 0 Å². The Morgan fingerprint density at radius 2 is 1.96 bits per heavy atom. The first-order chi connectivity index (χ1) is 11.1. The number of ether oxygens (including phenoxy) is 1. The van der Waals surface area contributed by atoms with Crippen LogP contribution in [0.1, 0.15) is 44.1 Å². The van der Waals surface area contributed by atoms with Crippen LogP contribution < -0.4 is 5.32 Å². The quantitative estimate of drug-likeness (QED) is 0.506. The van der Waals surface area contributed by atoms with Gasteiger partial charge in [-0.2, -0.15) is 0 Å². The fourth-order valence-corrected chi connectivity index (χ4v) is 2.85. The zero-order chi connectivity index (χ0) is 16.5. The predicted octanol–water partition coefficient (Wildman–Crippen LogP) is 3.74. The van der Waals surface area contributed by atoms with Crippen molar-refractivity contribution in [2.24, 2.45) is 0 Å². The second kappa shape index (κ2) is 9.36. The van der Waals surface area contributed by atoms with Gasteiger partial charge in [0.15, 0.2) is 6.61 Å². The van der Waals surface area contributed by atoms with Crippen molar-refractivity contribution in [3.63, 3.8) is 0 Å². The molecule has 124 valence electrons. The topological polar surface area (TPSA) is 55.4 Å². The minimum absolute atomic E-state index is 0.214. The van der Waals surface area contributed by atoms with E-state index in [0.717, 1.165) is 31.2 Å². The van der Waals surface area contributed by atoms with Crippen molar-refractivity contribution in [3.05, 3.63) is 40.9 Å². The fraction of sp³-hybridized carbons (Fsp3) is 0.444. The van der Waals surface area contributed by atoms with Gasteiger partial charge >= 0.3 is 5.97 Å². The van der Waals surface area contributed by atoms with Crippen LogP contribution in [0.5, 0.6) is 0 Å². The highest BCUT2D eigenvalue weighted by Gasteiger charge is 2.15. The molecule has 0 aliphatic heterocycles. The van der Waals surface area contributed by atoms with Crippen LogP contribution in [-0.4, -0.2) is 24.5 Å².